The maximum atomic E-state index is 11.4. The smallest absolute Gasteiger partial charge is 0.225 e. The van der Waals surface area contributed by atoms with Crippen LogP contribution in [-0.4, -0.2) is 50.6 Å². The number of methoxy groups -OCH3 is 1. The van der Waals surface area contributed by atoms with Gasteiger partial charge in [-0.1, -0.05) is 0 Å². The van der Waals surface area contributed by atoms with Gasteiger partial charge in [-0.05, 0) is 6.42 Å². The van der Waals surface area contributed by atoms with Crippen LogP contribution >= 0.6 is 0 Å². The Morgan fingerprint density at radius 2 is 2.57 bits per heavy atom. The van der Waals surface area contributed by atoms with Gasteiger partial charge in [0.1, 0.15) is 0 Å². The van der Waals surface area contributed by atoms with E-state index in [-0.39, 0.29) is 25.0 Å². The molecular weight excluding hydrogens is 186 g/mol. The van der Waals surface area contributed by atoms with Crippen LogP contribution in [0.5, 0.6) is 0 Å². The molecule has 0 aliphatic carbocycles. The van der Waals surface area contributed by atoms with Crippen LogP contribution in [0.15, 0.2) is 0 Å². The van der Waals surface area contributed by atoms with E-state index >= 15 is 0 Å². The molecule has 1 aliphatic rings. The molecule has 0 spiro atoms. The summed E-state index contributed by atoms with van der Waals surface area (Å²) in [5.74, 6) is -0.0950. The van der Waals surface area contributed by atoms with Gasteiger partial charge >= 0.3 is 0 Å². The van der Waals surface area contributed by atoms with Crippen molar-refractivity contribution in [3.8, 4) is 0 Å². The second-order valence-electron chi connectivity index (χ2n) is 3.41. The van der Waals surface area contributed by atoms with Crippen molar-refractivity contribution < 1.29 is 19.4 Å². The van der Waals surface area contributed by atoms with E-state index in [0.717, 1.165) is 6.42 Å². The molecule has 1 heterocycles. The van der Waals surface area contributed by atoms with Gasteiger partial charge in [0, 0.05) is 20.3 Å². The van der Waals surface area contributed by atoms with E-state index in [9.17, 15) is 9.90 Å². The van der Waals surface area contributed by atoms with Gasteiger partial charge in [-0.3, -0.25) is 4.79 Å². The molecule has 0 aromatic rings. The van der Waals surface area contributed by atoms with Gasteiger partial charge in [0.15, 0.2) is 0 Å². The minimum absolute atomic E-state index is 0.0438. The van der Waals surface area contributed by atoms with Gasteiger partial charge in [-0.15, -0.1) is 0 Å². The van der Waals surface area contributed by atoms with Crippen LogP contribution in [0.4, 0.5) is 0 Å². The van der Waals surface area contributed by atoms with E-state index in [4.69, 9.17) is 9.47 Å². The van der Waals surface area contributed by atoms with Crippen LogP contribution in [-0.2, 0) is 14.3 Å². The maximum Gasteiger partial charge on any atom is 0.225 e. The van der Waals surface area contributed by atoms with Gasteiger partial charge in [-0.2, -0.15) is 0 Å². The Labute approximate surface area is 83.4 Å². The molecule has 0 aromatic heterocycles. The predicted octanol–water partition coefficient (Wildman–Crippen LogP) is -0.854. The van der Waals surface area contributed by atoms with E-state index in [2.05, 4.69) is 5.32 Å². The van der Waals surface area contributed by atoms with Gasteiger partial charge in [0.2, 0.25) is 5.91 Å². The summed E-state index contributed by atoms with van der Waals surface area (Å²) in [5.41, 5.74) is 0. The minimum Gasteiger partial charge on any atom is -0.389 e. The molecule has 2 unspecified atom stereocenters. The lowest BCUT2D eigenvalue weighted by Crippen LogP contribution is -2.38. The Bertz CT molecular complexity index is 180. The molecule has 14 heavy (non-hydrogen) atoms. The highest BCUT2D eigenvalue weighted by molar-refractivity contribution is 5.78. The lowest BCUT2D eigenvalue weighted by Gasteiger charge is -2.12. The Kier molecular flexibility index (Phi) is 4.86. The number of carbonyl (C=O) groups excluding carboxylic acids is 1. The monoisotopic (exact) mass is 203 g/mol. The molecule has 1 amide bonds. The maximum absolute atomic E-state index is 11.4. The molecule has 0 bridgehead atoms. The summed E-state index contributed by atoms with van der Waals surface area (Å²) in [6, 6.07) is 0. The van der Waals surface area contributed by atoms with Crippen LogP contribution in [0.3, 0.4) is 0 Å². The molecule has 5 nitrogen and oxygen atoms in total. The minimum atomic E-state index is -0.633. The summed E-state index contributed by atoms with van der Waals surface area (Å²) < 4.78 is 9.82. The quantitative estimate of drug-likeness (QED) is 0.610. The van der Waals surface area contributed by atoms with Crippen molar-refractivity contribution in [1.29, 1.82) is 0 Å². The van der Waals surface area contributed by atoms with E-state index < -0.39 is 6.10 Å². The molecule has 82 valence electrons. The zero-order chi connectivity index (χ0) is 10.4. The van der Waals surface area contributed by atoms with Crippen molar-refractivity contribution in [1.82, 2.24) is 5.32 Å². The summed E-state index contributed by atoms with van der Waals surface area (Å²) in [6.45, 7) is 1.62. The molecule has 0 radical (unpaired) electrons. The number of nitrogens with one attached hydrogen (secondary N) is 1. The van der Waals surface area contributed by atoms with Crippen molar-refractivity contribution in [3.05, 3.63) is 0 Å². The van der Waals surface area contributed by atoms with Crippen molar-refractivity contribution >= 4 is 5.91 Å². The summed E-state index contributed by atoms with van der Waals surface area (Å²) in [7, 11) is 1.51. The second-order valence-corrected chi connectivity index (χ2v) is 3.41. The highest BCUT2D eigenvalue weighted by atomic mass is 16.5. The average Bonchev–Trinajstić information content (AvgIpc) is 2.67. The number of amides is 1. The molecule has 1 fully saturated rings. The highest BCUT2D eigenvalue weighted by Gasteiger charge is 2.23. The SMILES string of the molecule is COCC(O)CNC(=O)C1CCOC1. The van der Waals surface area contributed by atoms with E-state index in [1.165, 1.54) is 7.11 Å². The van der Waals surface area contributed by atoms with E-state index in [0.29, 0.717) is 13.2 Å². The number of aliphatic hydroxyl groups excluding tert-OH is 1. The van der Waals surface area contributed by atoms with Crippen LogP contribution in [0.25, 0.3) is 0 Å². The van der Waals surface area contributed by atoms with Crippen LogP contribution in [0, 0.1) is 5.92 Å². The third-order valence-corrected chi connectivity index (χ3v) is 2.17. The fourth-order valence-electron chi connectivity index (χ4n) is 1.36. The molecule has 2 atom stereocenters. The highest BCUT2D eigenvalue weighted by Crippen LogP contribution is 2.11. The summed E-state index contributed by atoms with van der Waals surface area (Å²) in [6.07, 6.45) is 0.137. The lowest BCUT2D eigenvalue weighted by molar-refractivity contribution is -0.125. The Morgan fingerprint density at radius 3 is 3.14 bits per heavy atom. The topological polar surface area (TPSA) is 67.8 Å². The van der Waals surface area contributed by atoms with Crippen molar-refractivity contribution in [3.63, 3.8) is 0 Å². The van der Waals surface area contributed by atoms with Crippen LogP contribution in [0.1, 0.15) is 6.42 Å². The molecule has 2 N–H and O–H groups in total. The normalized spacial score (nSPS) is 23.4. The Balaban J connectivity index is 2.13. The van der Waals surface area contributed by atoms with Crippen molar-refractivity contribution in [2.75, 3.05) is 33.5 Å². The predicted molar refractivity (Wildman–Crippen MR) is 49.8 cm³/mol. The Hall–Kier alpha value is -0.650. The van der Waals surface area contributed by atoms with Crippen LogP contribution < -0.4 is 5.32 Å². The third kappa shape index (κ3) is 3.61. The molecule has 0 saturated carbocycles. The molecule has 5 heteroatoms. The molecule has 1 rings (SSSR count). The number of hydrogen-bond donors (Lipinski definition) is 2. The molecule has 1 saturated heterocycles. The summed E-state index contributed by atoms with van der Waals surface area (Å²) >= 11 is 0. The number of hydrogen-bond acceptors (Lipinski definition) is 4. The number of rotatable bonds is 5. The first-order valence-corrected chi connectivity index (χ1v) is 4.76. The fourth-order valence-corrected chi connectivity index (χ4v) is 1.36. The summed E-state index contributed by atoms with van der Waals surface area (Å²) in [5, 5.41) is 11.9. The average molecular weight is 203 g/mol. The molecule has 0 aromatic carbocycles. The number of carbonyl (C=O) groups is 1. The van der Waals surface area contributed by atoms with Crippen molar-refractivity contribution in [2.45, 2.75) is 12.5 Å². The first kappa shape index (κ1) is 11.4. The standard InChI is InChI=1S/C9H17NO4/c1-13-6-8(11)4-10-9(12)7-2-3-14-5-7/h7-8,11H,2-6H2,1H3,(H,10,12). The zero-order valence-corrected chi connectivity index (χ0v) is 8.36. The first-order valence-electron chi connectivity index (χ1n) is 4.76. The fraction of sp³-hybridized carbons (Fsp3) is 0.889. The third-order valence-electron chi connectivity index (χ3n) is 2.17. The first-order chi connectivity index (χ1) is 6.74. The Morgan fingerprint density at radius 1 is 1.79 bits per heavy atom. The van der Waals surface area contributed by atoms with Gasteiger partial charge in [-0.25, -0.2) is 0 Å². The van der Waals surface area contributed by atoms with Gasteiger partial charge in [0.05, 0.1) is 25.2 Å². The second kappa shape index (κ2) is 5.95. The molecular formula is C9H17NO4. The van der Waals surface area contributed by atoms with Gasteiger partial charge in [0.25, 0.3) is 0 Å². The van der Waals surface area contributed by atoms with E-state index in [1.807, 2.05) is 0 Å². The lowest BCUT2D eigenvalue weighted by atomic mass is 10.1. The van der Waals surface area contributed by atoms with Crippen LogP contribution in [0.2, 0.25) is 0 Å². The summed E-state index contributed by atoms with van der Waals surface area (Å²) in [4.78, 5) is 11.4. The number of ether oxygens (including phenoxy) is 2. The largest absolute Gasteiger partial charge is 0.389 e. The zero-order valence-electron chi connectivity index (χ0n) is 8.36. The van der Waals surface area contributed by atoms with Crippen molar-refractivity contribution in [2.24, 2.45) is 5.92 Å². The van der Waals surface area contributed by atoms with Gasteiger partial charge < -0.3 is 19.9 Å². The number of aliphatic hydroxyl groups is 1. The van der Waals surface area contributed by atoms with E-state index in [1.54, 1.807) is 0 Å². The molecule has 1 aliphatic heterocycles.